The molecule has 0 aliphatic carbocycles. The second kappa shape index (κ2) is 4.84. The first-order chi connectivity index (χ1) is 7.22. The summed E-state index contributed by atoms with van der Waals surface area (Å²) in [7, 11) is 0. The van der Waals surface area contributed by atoms with Crippen LogP contribution in [0.15, 0.2) is 5.16 Å². The first-order valence-electron chi connectivity index (χ1n) is 4.22. The molecule has 0 saturated carbocycles. The van der Waals surface area contributed by atoms with Gasteiger partial charge in [-0.2, -0.15) is 0 Å². The molecule has 0 unspecified atom stereocenters. The quantitative estimate of drug-likeness (QED) is 0.468. The van der Waals surface area contributed by atoms with E-state index in [9.17, 15) is 0 Å². The summed E-state index contributed by atoms with van der Waals surface area (Å²) in [5.41, 5.74) is 0.508. The van der Waals surface area contributed by atoms with Gasteiger partial charge in [0.05, 0.1) is 18.8 Å². The highest BCUT2D eigenvalue weighted by molar-refractivity contribution is 7.98. The summed E-state index contributed by atoms with van der Waals surface area (Å²) in [5.74, 6) is 0. The predicted octanol–water partition coefficient (Wildman–Crippen LogP) is 2.55. The topological polar surface area (TPSA) is 44.2 Å². The minimum atomic E-state index is -0.541. The van der Waals surface area contributed by atoms with Crippen LogP contribution in [-0.2, 0) is 9.47 Å². The second-order valence-corrected chi connectivity index (χ2v) is 4.27. The van der Waals surface area contributed by atoms with Crippen molar-refractivity contribution in [3.63, 3.8) is 0 Å². The minimum absolute atomic E-state index is 0.284. The number of rotatable bonds is 2. The molecule has 2 heterocycles. The molecule has 0 amide bonds. The summed E-state index contributed by atoms with van der Waals surface area (Å²) in [6.45, 7) is 1.06. The maximum absolute atomic E-state index is 5.98. The van der Waals surface area contributed by atoms with E-state index in [-0.39, 0.29) is 10.3 Å². The first-order valence-corrected chi connectivity index (χ1v) is 6.20. The molecule has 0 N–H and O–H groups in total. The van der Waals surface area contributed by atoms with Crippen molar-refractivity contribution in [2.75, 3.05) is 19.5 Å². The van der Waals surface area contributed by atoms with Gasteiger partial charge >= 0.3 is 0 Å². The van der Waals surface area contributed by atoms with Gasteiger partial charge in [0.1, 0.15) is 10.3 Å². The molecule has 7 heteroatoms. The summed E-state index contributed by atoms with van der Waals surface area (Å²) in [6, 6.07) is 0. The number of ether oxygens (including phenoxy) is 2. The molecular formula is C8H8Cl2N2O2S. The fourth-order valence-corrected chi connectivity index (χ4v) is 2.24. The molecule has 1 aliphatic rings. The molecule has 0 bridgehead atoms. The van der Waals surface area contributed by atoms with Crippen molar-refractivity contribution in [3.8, 4) is 0 Å². The highest BCUT2D eigenvalue weighted by Gasteiger charge is 2.26. The Hall–Kier alpha value is -0.0700. The minimum Gasteiger partial charge on any atom is -0.346 e. The smallest absolute Gasteiger partial charge is 0.190 e. The van der Waals surface area contributed by atoms with Crippen LogP contribution < -0.4 is 0 Å². The lowest BCUT2D eigenvalue weighted by atomic mass is 10.3. The van der Waals surface area contributed by atoms with Crippen molar-refractivity contribution in [2.24, 2.45) is 0 Å². The van der Waals surface area contributed by atoms with Gasteiger partial charge in [-0.15, -0.1) is 0 Å². The normalized spacial score (nSPS) is 17.3. The molecule has 0 aromatic carbocycles. The maximum atomic E-state index is 5.98. The molecule has 2 rings (SSSR count). The fraction of sp³-hybridized carbons (Fsp3) is 0.500. The van der Waals surface area contributed by atoms with Crippen LogP contribution in [0.5, 0.6) is 0 Å². The van der Waals surface area contributed by atoms with Gasteiger partial charge < -0.3 is 9.47 Å². The van der Waals surface area contributed by atoms with Crippen LogP contribution in [0.2, 0.25) is 10.3 Å². The van der Waals surface area contributed by atoms with Crippen LogP contribution in [0.25, 0.3) is 0 Å². The van der Waals surface area contributed by atoms with Gasteiger partial charge in [-0.3, -0.25) is 0 Å². The van der Waals surface area contributed by atoms with Gasteiger partial charge in [0, 0.05) is 0 Å². The zero-order valence-electron chi connectivity index (χ0n) is 7.87. The zero-order valence-corrected chi connectivity index (χ0v) is 10.2. The Kier molecular flexibility index (Phi) is 3.69. The lowest BCUT2D eigenvalue weighted by Crippen LogP contribution is -2.04. The highest BCUT2D eigenvalue weighted by atomic mass is 35.5. The lowest BCUT2D eigenvalue weighted by Gasteiger charge is -2.12. The second-order valence-electron chi connectivity index (χ2n) is 2.78. The Morgan fingerprint density at radius 1 is 1.20 bits per heavy atom. The highest BCUT2D eigenvalue weighted by Crippen LogP contribution is 2.34. The van der Waals surface area contributed by atoms with Crippen molar-refractivity contribution in [3.05, 3.63) is 15.9 Å². The standard InChI is InChI=1S/C8H8Cl2N2O2S/c1-15-8-11-5(9)4(6(10)12-8)7-13-2-3-14-7/h7H,2-3H2,1H3. The maximum Gasteiger partial charge on any atom is 0.190 e. The van der Waals surface area contributed by atoms with Crippen molar-refractivity contribution in [1.82, 2.24) is 9.97 Å². The predicted molar refractivity (Wildman–Crippen MR) is 58.5 cm³/mol. The summed E-state index contributed by atoms with van der Waals surface area (Å²) in [6.07, 6.45) is 1.31. The van der Waals surface area contributed by atoms with E-state index in [1.165, 1.54) is 11.8 Å². The van der Waals surface area contributed by atoms with Gasteiger partial charge in [0.25, 0.3) is 0 Å². The van der Waals surface area contributed by atoms with Gasteiger partial charge in [0.15, 0.2) is 11.4 Å². The fourth-order valence-electron chi connectivity index (χ4n) is 1.21. The van der Waals surface area contributed by atoms with Gasteiger partial charge in [-0.1, -0.05) is 35.0 Å². The Balaban J connectivity index is 2.37. The van der Waals surface area contributed by atoms with E-state index >= 15 is 0 Å². The molecule has 0 atom stereocenters. The average Bonchev–Trinajstić information content (AvgIpc) is 2.69. The third kappa shape index (κ3) is 2.37. The molecule has 1 saturated heterocycles. The molecule has 15 heavy (non-hydrogen) atoms. The van der Waals surface area contributed by atoms with E-state index in [0.29, 0.717) is 23.9 Å². The van der Waals surface area contributed by atoms with Gasteiger partial charge in [0.2, 0.25) is 0 Å². The van der Waals surface area contributed by atoms with E-state index in [2.05, 4.69) is 9.97 Å². The molecule has 1 aliphatic heterocycles. The van der Waals surface area contributed by atoms with E-state index in [0.717, 1.165) is 0 Å². The number of hydrogen-bond donors (Lipinski definition) is 0. The molecule has 82 valence electrons. The monoisotopic (exact) mass is 266 g/mol. The Morgan fingerprint density at radius 2 is 1.73 bits per heavy atom. The van der Waals surface area contributed by atoms with Crippen LogP contribution in [0.4, 0.5) is 0 Å². The summed E-state index contributed by atoms with van der Waals surface area (Å²) >= 11 is 13.3. The Labute approximate surface area is 101 Å². The molecule has 4 nitrogen and oxygen atoms in total. The zero-order chi connectivity index (χ0) is 10.8. The number of thioether (sulfide) groups is 1. The molecule has 0 radical (unpaired) electrons. The van der Waals surface area contributed by atoms with Crippen molar-refractivity contribution < 1.29 is 9.47 Å². The summed E-state index contributed by atoms with van der Waals surface area (Å²) in [5, 5.41) is 1.10. The van der Waals surface area contributed by atoms with Gasteiger partial charge in [-0.05, 0) is 6.26 Å². The Bertz CT molecular complexity index is 349. The number of aromatic nitrogens is 2. The molecule has 1 fully saturated rings. The number of hydrogen-bond acceptors (Lipinski definition) is 5. The molecule has 0 spiro atoms. The third-order valence-electron chi connectivity index (χ3n) is 1.87. The van der Waals surface area contributed by atoms with Gasteiger partial charge in [-0.25, -0.2) is 9.97 Å². The molecular weight excluding hydrogens is 259 g/mol. The van der Waals surface area contributed by atoms with Crippen molar-refractivity contribution >= 4 is 35.0 Å². The van der Waals surface area contributed by atoms with Crippen LogP contribution in [0.1, 0.15) is 11.9 Å². The van der Waals surface area contributed by atoms with Crippen LogP contribution in [0, 0.1) is 0 Å². The summed E-state index contributed by atoms with van der Waals surface area (Å²) < 4.78 is 10.6. The largest absolute Gasteiger partial charge is 0.346 e. The number of nitrogens with zero attached hydrogens (tertiary/aromatic N) is 2. The number of halogens is 2. The average molecular weight is 267 g/mol. The Morgan fingerprint density at radius 3 is 2.20 bits per heavy atom. The SMILES string of the molecule is CSc1nc(Cl)c(C2OCCO2)c(Cl)n1. The van der Waals surface area contributed by atoms with Crippen LogP contribution in [0.3, 0.4) is 0 Å². The van der Waals surface area contributed by atoms with E-state index < -0.39 is 6.29 Å². The lowest BCUT2D eigenvalue weighted by molar-refractivity contribution is -0.0445. The van der Waals surface area contributed by atoms with E-state index in [4.69, 9.17) is 32.7 Å². The van der Waals surface area contributed by atoms with E-state index in [1.54, 1.807) is 0 Å². The summed E-state index contributed by atoms with van der Waals surface area (Å²) in [4.78, 5) is 8.14. The third-order valence-corrected chi connectivity index (χ3v) is 3.00. The first kappa shape index (κ1) is 11.4. The van der Waals surface area contributed by atoms with Crippen LogP contribution >= 0.6 is 35.0 Å². The van der Waals surface area contributed by atoms with Crippen LogP contribution in [-0.4, -0.2) is 29.4 Å². The van der Waals surface area contributed by atoms with Crippen molar-refractivity contribution in [1.29, 1.82) is 0 Å². The van der Waals surface area contributed by atoms with Crippen molar-refractivity contribution in [2.45, 2.75) is 11.4 Å². The molecule has 1 aromatic rings. The molecule has 1 aromatic heterocycles. The van der Waals surface area contributed by atoms with E-state index in [1.807, 2.05) is 6.26 Å².